The fourth-order valence-electron chi connectivity index (χ4n) is 3.26. The third kappa shape index (κ3) is 5.74. The number of carbonyl (C=O) groups is 2. The van der Waals surface area contributed by atoms with E-state index in [0.29, 0.717) is 6.61 Å². The first-order valence-electron chi connectivity index (χ1n) is 10.8. The fraction of sp³-hybridized carbons (Fsp3) is 0.280. The summed E-state index contributed by atoms with van der Waals surface area (Å²) in [6.07, 6.45) is 0. The molecule has 0 fully saturated rings. The average Bonchev–Trinajstić information content (AvgIpc) is 3.12. The SMILES string of the molecule is CCOC(=O)c1c(O)c(OCCOCc2ccccc2)c(C(=O)OCC)n1-c1ccc(F)cc1. The number of ether oxygens (including phenoxy) is 4. The highest BCUT2D eigenvalue weighted by Gasteiger charge is 2.34. The van der Waals surface area contributed by atoms with E-state index < -0.39 is 23.5 Å². The van der Waals surface area contributed by atoms with E-state index in [9.17, 15) is 19.1 Å². The lowest BCUT2D eigenvalue weighted by Gasteiger charge is -2.13. The number of benzene rings is 2. The summed E-state index contributed by atoms with van der Waals surface area (Å²) >= 11 is 0. The van der Waals surface area contributed by atoms with Crippen LogP contribution in [0.1, 0.15) is 40.4 Å². The van der Waals surface area contributed by atoms with Crippen LogP contribution in [0.25, 0.3) is 5.69 Å². The molecule has 0 radical (unpaired) electrons. The number of carbonyl (C=O) groups excluding carboxylic acids is 2. The van der Waals surface area contributed by atoms with Crippen LogP contribution in [-0.2, 0) is 20.8 Å². The van der Waals surface area contributed by atoms with Crippen molar-refractivity contribution in [1.82, 2.24) is 4.57 Å². The summed E-state index contributed by atoms with van der Waals surface area (Å²) < 4.78 is 36.2. The Morgan fingerprint density at radius 2 is 1.50 bits per heavy atom. The Bertz CT molecular complexity index is 1110. The summed E-state index contributed by atoms with van der Waals surface area (Å²) in [7, 11) is 0. The summed E-state index contributed by atoms with van der Waals surface area (Å²) in [4.78, 5) is 25.6. The van der Waals surface area contributed by atoms with Gasteiger partial charge in [-0.2, -0.15) is 0 Å². The summed E-state index contributed by atoms with van der Waals surface area (Å²) in [5.41, 5.74) is 0.649. The normalized spacial score (nSPS) is 10.7. The van der Waals surface area contributed by atoms with Crippen molar-refractivity contribution in [2.75, 3.05) is 26.4 Å². The van der Waals surface area contributed by atoms with E-state index in [1.807, 2.05) is 30.3 Å². The van der Waals surface area contributed by atoms with Gasteiger partial charge < -0.3 is 24.1 Å². The molecule has 9 heteroatoms. The van der Waals surface area contributed by atoms with Gasteiger partial charge >= 0.3 is 11.9 Å². The minimum absolute atomic E-state index is 0.0253. The van der Waals surface area contributed by atoms with Crippen molar-refractivity contribution in [2.45, 2.75) is 20.5 Å². The first-order chi connectivity index (χ1) is 16.5. The first kappa shape index (κ1) is 24.8. The van der Waals surface area contributed by atoms with Gasteiger partial charge in [0.25, 0.3) is 0 Å². The number of aromatic hydroxyl groups is 1. The zero-order chi connectivity index (χ0) is 24.5. The lowest BCUT2D eigenvalue weighted by atomic mass is 10.2. The molecule has 3 rings (SSSR count). The summed E-state index contributed by atoms with van der Waals surface area (Å²) in [5.74, 6) is -3.08. The highest BCUT2D eigenvalue weighted by Crippen LogP contribution is 2.40. The topological polar surface area (TPSA) is 96.2 Å². The molecule has 1 N–H and O–H groups in total. The van der Waals surface area contributed by atoms with Gasteiger partial charge in [0.15, 0.2) is 22.9 Å². The van der Waals surface area contributed by atoms with E-state index in [1.165, 1.54) is 12.1 Å². The van der Waals surface area contributed by atoms with Crippen LogP contribution in [0.5, 0.6) is 11.5 Å². The smallest absolute Gasteiger partial charge is 0.359 e. The Morgan fingerprint density at radius 1 is 0.882 bits per heavy atom. The third-order valence-electron chi connectivity index (χ3n) is 4.71. The van der Waals surface area contributed by atoms with Gasteiger partial charge in [0.1, 0.15) is 12.4 Å². The molecule has 34 heavy (non-hydrogen) atoms. The Labute approximate surface area is 196 Å². The summed E-state index contributed by atoms with van der Waals surface area (Å²) in [6.45, 7) is 3.77. The maximum Gasteiger partial charge on any atom is 0.359 e. The molecule has 0 aliphatic rings. The van der Waals surface area contributed by atoms with Crippen molar-refractivity contribution >= 4 is 11.9 Å². The molecule has 0 saturated carbocycles. The number of halogens is 1. The van der Waals surface area contributed by atoms with Crippen molar-refractivity contribution in [3.63, 3.8) is 0 Å². The van der Waals surface area contributed by atoms with Gasteiger partial charge in [-0.15, -0.1) is 0 Å². The van der Waals surface area contributed by atoms with Crippen molar-refractivity contribution in [2.24, 2.45) is 0 Å². The van der Waals surface area contributed by atoms with Gasteiger partial charge in [-0.25, -0.2) is 14.0 Å². The molecule has 0 unspecified atom stereocenters. The van der Waals surface area contributed by atoms with Gasteiger partial charge in [0.05, 0.1) is 26.4 Å². The largest absolute Gasteiger partial charge is 0.503 e. The maximum absolute atomic E-state index is 13.5. The molecule has 0 atom stereocenters. The minimum atomic E-state index is -0.884. The highest BCUT2D eigenvalue weighted by atomic mass is 19.1. The number of esters is 2. The van der Waals surface area contributed by atoms with Gasteiger partial charge in [0.2, 0.25) is 0 Å². The average molecular weight is 471 g/mol. The molecule has 2 aromatic carbocycles. The van der Waals surface area contributed by atoms with Gasteiger partial charge in [-0.05, 0) is 43.7 Å². The molecule has 3 aromatic rings. The van der Waals surface area contributed by atoms with Crippen LogP contribution < -0.4 is 4.74 Å². The number of hydrogen-bond donors (Lipinski definition) is 1. The molecule has 0 aliphatic heterocycles. The highest BCUT2D eigenvalue weighted by molar-refractivity contribution is 6.00. The Balaban J connectivity index is 1.94. The Hall–Kier alpha value is -3.85. The standard InChI is InChI=1S/C25H26FNO7/c1-3-32-24(29)20-22(28)23(34-15-14-31-16-17-8-6-5-7-9-17)21(25(30)33-4-2)27(20)19-12-10-18(26)11-13-19/h5-13,28H,3-4,14-16H2,1-2H3. The number of nitrogens with zero attached hydrogens (tertiary/aromatic N) is 1. The van der Waals surface area contributed by atoms with E-state index in [0.717, 1.165) is 22.3 Å². The van der Waals surface area contributed by atoms with Crippen LogP contribution in [0.15, 0.2) is 54.6 Å². The van der Waals surface area contributed by atoms with Gasteiger partial charge in [0, 0.05) is 5.69 Å². The summed E-state index contributed by atoms with van der Waals surface area (Å²) in [6, 6.07) is 14.6. The van der Waals surface area contributed by atoms with Crippen LogP contribution in [0.4, 0.5) is 4.39 Å². The molecular formula is C25H26FNO7. The quantitative estimate of drug-likeness (QED) is 0.330. The predicted octanol–water partition coefficient (Wildman–Crippen LogP) is 4.27. The van der Waals surface area contributed by atoms with Crippen LogP contribution in [0.3, 0.4) is 0 Å². The van der Waals surface area contributed by atoms with E-state index in [-0.39, 0.29) is 49.3 Å². The second-order valence-corrected chi connectivity index (χ2v) is 7.01. The molecule has 1 aromatic heterocycles. The number of hydrogen-bond acceptors (Lipinski definition) is 7. The van der Waals surface area contributed by atoms with Crippen LogP contribution in [0.2, 0.25) is 0 Å². The van der Waals surface area contributed by atoms with E-state index in [4.69, 9.17) is 18.9 Å². The zero-order valence-corrected chi connectivity index (χ0v) is 19.0. The van der Waals surface area contributed by atoms with Gasteiger partial charge in [-0.1, -0.05) is 30.3 Å². The molecule has 0 bridgehead atoms. The lowest BCUT2D eigenvalue weighted by Crippen LogP contribution is -2.17. The van der Waals surface area contributed by atoms with Crippen molar-refractivity contribution in [3.8, 4) is 17.2 Å². The second-order valence-electron chi connectivity index (χ2n) is 7.01. The summed E-state index contributed by atoms with van der Waals surface area (Å²) in [5, 5.41) is 10.9. The molecule has 8 nitrogen and oxygen atoms in total. The predicted molar refractivity (Wildman–Crippen MR) is 121 cm³/mol. The first-order valence-corrected chi connectivity index (χ1v) is 10.8. The fourth-order valence-corrected chi connectivity index (χ4v) is 3.26. The molecule has 0 aliphatic carbocycles. The van der Waals surface area contributed by atoms with Crippen LogP contribution >= 0.6 is 0 Å². The van der Waals surface area contributed by atoms with Crippen LogP contribution in [-0.4, -0.2) is 48.0 Å². The minimum Gasteiger partial charge on any atom is -0.503 e. The Kier molecular flexibility index (Phi) is 8.64. The molecule has 0 amide bonds. The van der Waals surface area contributed by atoms with Crippen molar-refractivity contribution in [3.05, 3.63) is 77.4 Å². The molecule has 1 heterocycles. The molecule has 0 saturated heterocycles. The Morgan fingerprint density at radius 3 is 2.12 bits per heavy atom. The molecular weight excluding hydrogens is 445 g/mol. The zero-order valence-electron chi connectivity index (χ0n) is 19.0. The number of rotatable bonds is 11. The molecule has 180 valence electrons. The van der Waals surface area contributed by atoms with Crippen molar-refractivity contribution in [1.29, 1.82) is 0 Å². The monoisotopic (exact) mass is 471 g/mol. The van der Waals surface area contributed by atoms with Gasteiger partial charge in [-0.3, -0.25) is 4.57 Å². The van der Waals surface area contributed by atoms with Crippen molar-refractivity contribution < 1.29 is 38.0 Å². The maximum atomic E-state index is 13.5. The second kappa shape index (κ2) is 11.9. The van der Waals surface area contributed by atoms with Crippen LogP contribution in [0, 0.1) is 5.82 Å². The molecule has 0 spiro atoms. The lowest BCUT2D eigenvalue weighted by molar-refractivity contribution is 0.0504. The number of aromatic nitrogens is 1. The van der Waals surface area contributed by atoms with E-state index in [1.54, 1.807) is 13.8 Å². The third-order valence-corrected chi connectivity index (χ3v) is 4.71. The van der Waals surface area contributed by atoms with E-state index >= 15 is 0 Å². The van der Waals surface area contributed by atoms with E-state index in [2.05, 4.69) is 0 Å².